The van der Waals surface area contributed by atoms with E-state index < -0.39 is 0 Å². The van der Waals surface area contributed by atoms with Gasteiger partial charge in [0.1, 0.15) is 12.0 Å². The number of allylic oxidation sites excluding steroid dienone is 2. The summed E-state index contributed by atoms with van der Waals surface area (Å²) in [5.41, 5.74) is 2.97. The van der Waals surface area contributed by atoms with Crippen molar-refractivity contribution in [1.29, 1.82) is 0 Å². The van der Waals surface area contributed by atoms with E-state index in [1.807, 2.05) is 24.3 Å². The summed E-state index contributed by atoms with van der Waals surface area (Å²) in [4.78, 5) is 10.7. The number of rotatable bonds is 2. The zero-order chi connectivity index (χ0) is 11.8. The number of fused-ring (bicyclic) bond motifs is 3. The summed E-state index contributed by atoms with van der Waals surface area (Å²) in [6.45, 7) is 0. The number of hydrogen-bond acceptors (Lipinski definition) is 3. The van der Waals surface area contributed by atoms with E-state index in [9.17, 15) is 9.90 Å². The van der Waals surface area contributed by atoms with Crippen molar-refractivity contribution in [2.24, 2.45) is 0 Å². The summed E-state index contributed by atoms with van der Waals surface area (Å²) in [6.07, 6.45) is 7.43. The molecule has 1 aliphatic heterocycles. The Labute approximate surface area is 99.5 Å². The zero-order valence-corrected chi connectivity index (χ0v) is 9.26. The molecule has 2 aliphatic rings. The van der Waals surface area contributed by atoms with Gasteiger partial charge in [0.15, 0.2) is 0 Å². The minimum Gasteiger partial charge on any atom is -0.506 e. The third-order valence-corrected chi connectivity index (χ3v) is 3.44. The van der Waals surface area contributed by atoms with Crippen molar-refractivity contribution < 1.29 is 9.90 Å². The van der Waals surface area contributed by atoms with Gasteiger partial charge in [-0.05, 0) is 17.2 Å². The summed E-state index contributed by atoms with van der Waals surface area (Å²) in [5, 5.41) is 13.1. The van der Waals surface area contributed by atoms with E-state index in [4.69, 9.17) is 0 Å². The second-order valence-corrected chi connectivity index (χ2v) is 4.39. The van der Waals surface area contributed by atoms with E-state index in [2.05, 4.69) is 11.4 Å². The molecule has 1 heterocycles. The number of nitrogens with one attached hydrogen (secondary N) is 1. The molecule has 3 heteroatoms. The van der Waals surface area contributed by atoms with Crippen LogP contribution in [0.15, 0.2) is 42.0 Å². The van der Waals surface area contributed by atoms with Crippen molar-refractivity contribution in [2.75, 3.05) is 5.32 Å². The number of anilines is 1. The maximum atomic E-state index is 10.7. The predicted molar refractivity (Wildman–Crippen MR) is 66.2 cm³/mol. The SMILES string of the molecule is O=CCC1=CC=CC2c3cccc(O)c3NC12. The lowest BCUT2D eigenvalue weighted by molar-refractivity contribution is -0.107. The topological polar surface area (TPSA) is 49.3 Å². The monoisotopic (exact) mass is 227 g/mol. The zero-order valence-electron chi connectivity index (χ0n) is 9.26. The van der Waals surface area contributed by atoms with Crippen LogP contribution in [-0.4, -0.2) is 17.4 Å². The van der Waals surface area contributed by atoms with Crippen molar-refractivity contribution in [1.82, 2.24) is 0 Å². The standard InChI is InChI=1S/C14H13NO2/c16-8-7-9-3-1-4-10-11-5-2-6-12(17)14(11)15-13(9)10/h1-6,8,10,13,15,17H,7H2. The molecule has 0 radical (unpaired) electrons. The Bertz CT molecular complexity index is 531. The lowest BCUT2D eigenvalue weighted by atomic mass is 9.85. The molecule has 0 saturated heterocycles. The fourth-order valence-electron chi connectivity index (χ4n) is 2.65. The van der Waals surface area contributed by atoms with Crippen LogP contribution < -0.4 is 5.32 Å². The van der Waals surface area contributed by atoms with Gasteiger partial charge in [0.05, 0.1) is 11.7 Å². The van der Waals surface area contributed by atoms with Gasteiger partial charge in [0, 0.05) is 12.3 Å². The highest BCUT2D eigenvalue weighted by Crippen LogP contribution is 2.45. The van der Waals surface area contributed by atoms with Gasteiger partial charge in [0.25, 0.3) is 0 Å². The van der Waals surface area contributed by atoms with E-state index in [0.29, 0.717) is 6.42 Å². The highest BCUT2D eigenvalue weighted by atomic mass is 16.3. The molecule has 3 nitrogen and oxygen atoms in total. The molecule has 0 fully saturated rings. The van der Waals surface area contributed by atoms with E-state index in [0.717, 1.165) is 23.1 Å². The Balaban J connectivity index is 2.03. The number of aromatic hydroxyl groups is 1. The van der Waals surface area contributed by atoms with Crippen LogP contribution in [0.3, 0.4) is 0 Å². The van der Waals surface area contributed by atoms with Gasteiger partial charge in [0.2, 0.25) is 0 Å². The molecule has 0 saturated carbocycles. The Hall–Kier alpha value is -2.03. The van der Waals surface area contributed by atoms with Crippen LogP contribution in [0, 0.1) is 0 Å². The van der Waals surface area contributed by atoms with Crippen LogP contribution in [0.5, 0.6) is 5.75 Å². The molecule has 1 aromatic rings. The Morgan fingerprint density at radius 3 is 3.12 bits per heavy atom. The van der Waals surface area contributed by atoms with Crippen molar-refractivity contribution in [3.05, 3.63) is 47.6 Å². The maximum Gasteiger partial charge on any atom is 0.138 e. The Morgan fingerprint density at radius 1 is 1.41 bits per heavy atom. The van der Waals surface area contributed by atoms with E-state index in [-0.39, 0.29) is 17.7 Å². The molecule has 0 bridgehead atoms. The van der Waals surface area contributed by atoms with E-state index >= 15 is 0 Å². The number of carbonyl (C=O) groups is 1. The second-order valence-electron chi connectivity index (χ2n) is 4.39. The Morgan fingerprint density at radius 2 is 2.29 bits per heavy atom. The maximum absolute atomic E-state index is 10.7. The highest BCUT2D eigenvalue weighted by Gasteiger charge is 2.35. The van der Waals surface area contributed by atoms with Crippen LogP contribution in [0.4, 0.5) is 5.69 Å². The van der Waals surface area contributed by atoms with E-state index in [1.165, 1.54) is 0 Å². The number of benzene rings is 1. The van der Waals surface area contributed by atoms with Crippen LogP contribution in [-0.2, 0) is 4.79 Å². The molecule has 17 heavy (non-hydrogen) atoms. The number of para-hydroxylation sites is 1. The van der Waals surface area contributed by atoms with Gasteiger partial charge in [-0.25, -0.2) is 0 Å². The fourth-order valence-corrected chi connectivity index (χ4v) is 2.65. The summed E-state index contributed by atoms with van der Waals surface area (Å²) < 4.78 is 0. The first-order valence-electron chi connectivity index (χ1n) is 5.70. The third kappa shape index (κ3) is 1.46. The number of phenols is 1. The number of phenolic OH excluding ortho intramolecular Hbond substituents is 1. The normalized spacial score (nSPS) is 24.6. The van der Waals surface area contributed by atoms with Crippen LogP contribution >= 0.6 is 0 Å². The van der Waals surface area contributed by atoms with Crippen molar-refractivity contribution in [3.63, 3.8) is 0 Å². The molecule has 0 spiro atoms. The van der Waals surface area contributed by atoms with Gasteiger partial charge in [-0.15, -0.1) is 0 Å². The Kier molecular flexibility index (Phi) is 2.25. The van der Waals surface area contributed by atoms with Crippen molar-refractivity contribution >= 4 is 12.0 Å². The lowest BCUT2D eigenvalue weighted by Crippen LogP contribution is -2.24. The number of carbonyl (C=O) groups excluding carboxylic acids is 1. The summed E-state index contributed by atoms with van der Waals surface area (Å²) in [7, 11) is 0. The minimum absolute atomic E-state index is 0.105. The second kappa shape index (κ2) is 3.77. The molecule has 86 valence electrons. The van der Waals surface area contributed by atoms with Crippen LogP contribution in [0.1, 0.15) is 17.9 Å². The van der Waals surface area contributed by atoms with Gasteiger partial charge in [-0.2, -0.15) is 0 Å². The van der Waals surface area contributed by atoms with E-state index in [1.54, 1.807) is 6.07 Å². The molecule has 1 aliphatic carbocycles. The van der Waals surface area contributed by atoms with Gasteiger partial charge in [-0.1, -0.05) is 30.4 Å². The predicted octanol–water partition coefficient (Wildman–Crippen LogP) is 2.36. The van der Waals surface area contributed by atoms with Crippen LogP contribution in [0.25, 0.3) is 0 Å². The first-order valence-corrected chi connectivity index (χ1v) is 5.70. The molecule has 0 aromatic heterocycles. The summed E-state index contributed by atoms with van der Waals surface area (Å²) >= 11 is 0. The van der Waals surface area contributed by atoms with Gasteiger partial charge in [-0.3, -0.25) is 0 Å². The molecule has 1 aromatic carbocycles. The molecule has 2 N–H and O–H groups in total. The lowest BCUT2D eigenvalue weighted by Gasteiger charge is -2.22. The minimum atomic E-state index is 0.105. The first kappa shape index (κ1) is 10.1. The molecular formula is C14H13NO2. The summed E-state index contributed by atoms with van der Waals surface area (Å²) in [6, 6.07) is 5.65. The third-order valence-electron chi connectivity index (χ3n) is 3.44. The average Bonchev–Trinajstić information content (AvgIpc) is 2.71. The summed E-state index contributed by atoms with van der Waals surface area (Å²) in [5.74, 6) is 0.493. The number of hydrogen-bond donors (Lipinski definition) is 2. The average molecular weight is 227 g/mol. The molecule has 2 atom stereocenters. The first-order chi connectivity index (χ1) is 8.31. The molecular weight excluding hydrogens is 214 g/mol. The quantitative estimate of drug-likeness (QED) is 0.602. The highest BCUT2D eigenvalue weighted by molar-refractivity contribution is 5.72. The fraction of sp³-hybridized carbons (Fsp3) is 0.214. The van der Waals surface area contributed by atoms with Gasteiger partial charge < -0.3 is 15.2 Å². The molecule has 0 amide bonds. The molecule has 2 unspecified atom stereocenters. The van der Waals surface area contributed by atoms with Crippen molar-refractivity contribution in [2.45, 2.75) is 18.4 Å². The number of aldehydes is 1. The molecule has 3 rings (SSSR count). The van der Waals surface area contributed by atoms with Gasteiger partial charge >= 0.3 is 0 Å². The van der Waals surface area contributed by atoms with Crippen molar-refractivity contribution in [3.8, 4) is 5.75 Å². The smallest absolute Gasteiger partial charge is 0.138 e. The van der Waals surface area contributed by atoms with Crippen LogP contribution in [0.2, 0.25) is 0 Å². The largest absolute Gasteiger partial charge is 0.506 e.